The van der Waals surface area contributed by atoms with E-state index < -0.39 is 10.0 Å². The van der Waals surface area contributed by atoms with Gasteiger partial charge < -0.3 is 4.52 Å². The van der Waals surface area contributed by atoms with Gasteiger partial charge in [0.15, 0.2) is 0 Å². The number of rotatable bonds is 5. The molecule has 0 saturated heterocycles. The minimum absolute atomic E-state index is 0.0604. The van der Waals surface area contributed by atoms with Gasteiger partial charge in [0, 0.05) is 5.56 Å². The number of hydrogen-bond donors (Lipinski definition) is 1. The van der Waals surface area contributed by atoms with Gasteiger partial charge in [-0.2, -0.15) is 4.98 Å². The lowest BCUT2D eigenvalue weighted by Gasteiger charge is -2.05. The number of aryl methyl sites for hydroxylation is 2. The van der Waals surface area contributed by atoms with Crippen LogP contribution in [0.15, 0.2) is 57.9 Å². The van der Waals surface area contributed by atoms with Crippen molar-refractivity contribution in [1.82, 2.24) is 14.9 Å². The Bertz CT molecular complexity index is 964. The van der Waals surface area contributed by atoms with E-state index in [0.717, 1.165) is 16.7 Å². The van der Waals surface area contributed by atoms with E-state index in [4.69, 9.17) is 4.52 Å². The quantitative estimate of drug-likeness (QED) is 0.770. The summed E-state index contributed by atoms with van der Waals surface area (Å²) in [5, 5.41) is 3.89. The zero-order valence-corrected chi connectivity index (χ0v) is 14.2. The predicted octanol–water partition coefficient (Wildman–Crippen LogP) is 2.83. The van der Waals surface area contributed by atoms with E-state index >= 15 is 0 Å². The fraction of sp³-hybridized carbons (Fsp3) is 0.176. The van der Waals surface area contributed by atoms with Crippen molar-refractivity contribution in [2.45, 2.75) is 25.3 Å². The zero-order valence-electron chi connectivity index (χ0n) is 13.4. The summed E-state index contributed by atoms with van der Waals surface area (Å²) in [6.07, 6.45) is 0. The molecule has 0 fully saturated rings. The van der Waals surface area contributed by atoms with Crippen LogP contribution in [-0.2, 0) is 16.6 Å². The Kier molecular flexibility index (Phi) is 4.46. The third-order valence-electron chi connectivity index (χ3n) is 3.46. The van der Waals surface area contributed by atoms with Gasteiger partial charge in [-0.25, -0.2) is 13.1 Å². The average Bonchev–Trinajstić information content (AvgIpc) is 3.02. The highest BCUT2D eigenvalue weighted by Gasteiger charge is 2.16. The maximum absolute atomic E-state index is 12.3. The lowest BCUT2D eigenvalue weighted by atomic mass is 10.1. The van der Waals surface area contributed by atoms with Gasteiger partial charge in [0.1, 0.15) is 0 Å². The predicted molar refractivity (Wildman–Crippen MR) is 89.7 cm³/mol. The Balaban J connectivity index is 1.74. The smallest absolute Gasteiger partial charge is 0.242 e. The van der Waals surface area contributed by atoms with Crippen molar-refractivity contribution in [3.8, 4) is 11.4 Å². The summed E-state index contributed by atoms with van der Waals surface area (Å²) in [5.74, 6) is 0.645. The summed E-state index contributed by atoms with van der Waals surface area (Å²) in [5.41, 5.74) is 2.78. The standard InChI is InChI=1S/C17H17N3O3S/c1-12-5-3-7-14(9-12)17-19-16(23-20-17)11-18-24(21,22)15-8-4-6-13(2)10-15/h3-10,18H,11H2,1-2H3. The second-order valence-corrected chi connectivity index (χ2v) is 7.29. The molecule has 6 nitrogen and oxygen atoms in total. The first-order chi connectivity index (χ1) is 11.4. The lowest BCUT2D eigenvalue weighted by Crippen LogP contribution is -2.23. The highest BCUT2D eigenvalue weighted by Crippen LogP contribution is 2.17. The van der Waals surface area contributed by atoms with E-state index in [9.17, 15) is 8.42 Å². The molecule has 0 aliphatic heterocycles. The van der Waals surface area contributed by atoms with Gasteiger partial charge in [-0.3, -0.25) is 0 Å². The van der Waals surface area contributed by atoms with Crippen LogP contribution in [0.25, 0.3) is 11.4 Å². The van der Waals surface area contributed by atoms with Crippen LogP contribution in [-0.4, -0.2) is 18.6 Å². The Hall–Kier alpha value is -2.51. The molecule has 0 saturated carbocycles. The molecule has 2 aromatic carbocycles. The molecule has 0 spiro atoms. The first-order valence-electron chi connectivity index (χ1n) is 7.40. The molecule has 0 aliphatic carbocycles. The van der Waals surface area contributed by atoms with Gasteiger partial charge in [-0.1, -0.05) is 41.1 Å². The van der Waals surface area contributed by atoms with Crippen LogP contribution in [0.5, 0.6) is 0 Å². The van der Waals surface area contributed by atoms with Crippen molar-refractivity contribution in [2.24, 2.45) is 0 Å². The van der Waals surface area contributed by atoms with Crippen LogP contribution in [0, 0.1) is 13.8 Å². The molecule has 24 heavy (non-hydrogen) atoms. The Labute approximate surface area is 140 Å². The lowest BCUT2D eigenvalue weighted by molar-refractivity contribution is 0.376. The van der Waals surface area contributed by atoms with Crippen LogP contribution in [0.4, 0.5) is 0 Å². The maximum Gasteiger partial charge on any atom is 0.242 e. The molecule has 0 atom stereocenters. The van der Waals surface area contributed by atoms with Gasteiger partial charge >= 0.3 is 0 Å². The molecule has 0 aliphatic rings. The second kappa shape index (κ2) is 6.54. The summed E-state index contributed by atoms with van der Waals surface area (Å²) >= 11 is 0. The van der Waals surface area contributed by atoms with Crippen molar-refractivity contribution in [3.05, 3.63) is 65.5 Å². The normalized spacial score (nSPS) is 11.6. The number of nitrogens with one attached hydrogen (secondary N) is 1. The highest BCUT2D eigenvalue weighted by molar-refractivity contribution is 7.89. The summed E-state index contributed by atoms with van der Waals surface area (Å²) in [4.78, 5) is 4.44. The van der Waals surface area contributed by atoms with Gasteiger partial charge in [-0.15, -0.1) is 0 Å². The Morgan fingerprint density at radius 2 is 1.75 bits per heavy atom. The van der Waals surface area contributed by atoms with Crippen LogP contribution in [0.1, 0.15) is 17.0 Å². The van der Waals surface area contributed by atoms with Crippen molar-refractivity contribution in [3.63, 3.8) is 0 Å². The molecule has 3 aromatic rings. The van der Waals surface area contributed by atoms with Crippen molar-refractivity contribution in [1.29, 1.82) is 0 Å². The topological polar surface area (TPSA) is 85.1 Å². The first-order valence-corrected chi connectivity index (χ1v) is 8.88. The van der Waals surface area contributed by atoms with E-state index in [0.29, 0.717) is 5.82 Å². The number of hydrogen-bond acceptors (Lipinski definition) is 5. The molecule has 124 valence electrons. The molecule has 0 amide bonds. The molecular weight excluding hydrogens is 326 g/mol. The van der Waals surface area contributed by atoms with Crippen molar-refractivity contribution in [2.75, 3.05) is 0 Å². The van der Waals surface area contributed by atoms with Crippen LogP contribution >= 0.6 is 0 Å². The molecule has 0 radical (unpaired) electrons. The summed E-state index contributed by atoms with van der Waals surface area (Å²) in [7, 11) is -3.62. The maximum atomic E-state index is 12.3. The molecule has 3 rings (SSSR count). The minimum atomic E-state index is -3.62. The summed E-state index contributed by atoms with van der Waals surface area (Å²) in [6.45, 7) is 3.75. The SMILES string of the molecule is Cc1cccc(-c2noc(CNS(=O)(=O)c3cccc(C)c3)n2)c1. The van der Waals surface area contributed by atoms with Crippen LogP contribution in [0.2, 0.25) is 0 Å². The first kappa shape index (κ1) is 16.4. The van der Waals surface area contributed by atoms with Crippen molar-refractivity contribution >= 4 is 10.0 Å². The van der Waals surface area contributed by atoms with E-state index in [1.165, 1.54) is 0 Å². The second-order valence-electron chi connectivity index (χ2n) is 5.52. The Morgan fingerprint density at radius 3 is 2.46 bits per heavy atom. The fourth-order valence-electron chi connectivity index (χ4n) is 2.25. The van der Waals surface area contributed by atoms with E-state index in [-0.39, 0.29) is 17.3 Å². The molecular formula is C17H17N3O3S. The van der Waals surface area contributed by atoms with Crippen molar-refractivity contribution < 1.29 is 12.9 Å². The van der Waals surface area contributed by atoms with E-state index in [1.807, 2.05) is 44.2 Å². The highest BCUT2D eigenvalue weighted by atomic mass is 32.2. The number of benzene rings is 2. The van der Waals surface area contributed by atoms with Crippen LogP contribution in [0.3, 0.4) is 0 Å². The average molecular weight is 343 g/mol. The third kappa shape index (κ3) is 3.69. The zero-order chi connectivity index (χ0) is 17.2. The number of aromatic nitrogens is 2. The number of sulfonamides is 1. The summed E-state index contributed by atoms with van der Waals surface area (Å²) < 4.78 is 32.2. The monoisotopic (exact) mass is 343 g/mol. The number of nitrogens with zero attached hydrogens (tertiary/aromatic N) is 2. The van der Waals surface area contributed by atoms with E-state index in [1.54, 1.807) is 18.2 Å². The third-order valence-corrected chi connectivity index (χ3v) is 4.86. The van der Waals surface area contributed by atoms with Gasteiger partial charge in [0.25, 0.3) is 0 Å². The molecule has 1 heterocycles. The Morgan fingerprint density at radius 1 is 1.04 bits per heavy atom. The largest absolute Gasteiger partial charge is 0.338 e. The van der Waals surface area contributed by atoms with Gasteiger partial charge in [-0.05, 0) is 37.6 Å². The van der Waals surface area contributed by atoms with E-state index in [2.05, 4.69) is 14.9 Å². The van der Waals surface area contributed by atoms with Gasteiger partial charge in [0.2, 0.25) is 21.7 Å². The molecule has 1 aromatic heterocycles. The minimum Gasteiger partial charge on any atom is -0.338 e. The van der Waals surface area contributed by atoms with Gasteiger partial charge in [0.05, 0.1) is 11.4 Å². The van der Waals surface area contributed by atoms with Crippen LogP contribution < -0.4 is 4.72 Å². The molecule has 0 unspecified atom stereocenters. The summed E-state index contributed by atoms with van der Waals surface area (Å²) in [6, 6.07) is 14.4. The fourth-order valence-corrected chi connectivity index (χ4v) is 3.33. The molecule has 7 heteroatoms. The molecule has 0 bridgehead atoms. The molecule has 1 N–H and O–H groups in total.